The molecule has 29 heavy (non-hydrogen) atoms. The predicted octanol–water partition coefficient (Wildman–Crippen LogP) is 11.0. The van der Waals surface area contributed by atoms with Gasteiger partial charge in [0.1, 0.15) is 0 Å². The molecule has 0 aliphatic heterocycles. The second-order valence-electron chi connectivity index (χ2n) is 9.18. The summed E-state index contributed by atoms with van der Waals surface area (Å²) in [5.74, 6) is 0. The first-order valence-corrected chi connectivity index (χ1v) is 13.6. The van der Waals surface area contributed by atoms with Crippen molar-refractivity contribution in [2.24, 2.45) is 0 Å². The number of allylic oxidation sites excluding steroid dienone is 2. The summed E-state index contributed by atoms with van der Waals surface area (Å²) in [5, 5.41) is 0. The quantitative estimate of drug-likeness (QED) is 0.105. The molecule has 0 unspecified atom stereocenters. The Morgan fingerprint density at radius 1 is 0.276 bits per heavy atom. The molecule has 0 atom stereocenters. The zero-order valence-electron chi connectivity index (χ0n) is 20.2. The van der Waals surface area contributed by atoms with Crippen molar-refractivity contribution < 1.29 is 0 Å². The van der Waals surface area contributed by atoms with E-state index in [1.165, 1.54) is 141 Å². The van der Waals surface area contributed by atoms with Gasteiger partial charge in [0, 0.05) is 0 Å². The Morgan fingerprint density at radius 2 is 0.552 bits per heavy atom. The van der Waals surface area contributed by atoms with Crippen molar-refractivity contribution in [3.8, 4) is 0 Å². The Balaban J connectivity index is 3.00. The summed E-state index contributed by atoms with van der Waals surface area (Å²) in [7, 11) is 0. The zero-order valence-corrected chi connectivity index (χ0v) is 20.2. The molecule has 2 radical (unpaired) electrons. The highest BCUT2D eigenvalue weighted by Crippen LogP contribution is 2.15. The summed E-state index contributed by atoms with van der Waals surface area (Å²) < 4.78 is 0. The lowest BCUT2D eigenvalue weighted by molar-refractivity contribution is 0.520. The maximum atomic E-state index is 3.91. The molecule has 0 heterocycles. The second-order valence-corrected chi connectivity index (χ2v) is 9.18. The highest BCUT2D eigenvalue weighted by Gasteiger charge is 1.95. The van der Waals surface area contributed by atoms with Crippen LogP contribution in [0.4, 0.5) is 0 Å². The van der Waals surface area contributed by atoms with Crippen LogP contribution < -0.4 is 0 Å². The van der Waals surface area contributed by atoms with Gasteiger partial charge in [-0.15, -0.1) is 0 Å². The SMILES string of the molecule is [CH2]CCC=CCCCCCCCCCCCCCCCCCCCCCCC[CH2]. The van der Waals surface area contributed by atoms with Gasteiger partial charge in [-0.1, -0.05) is 161 Å². The summed E-state index contributed by atoms with van der Waals surface area (Å²) in [6.45, 7) is 7.78. The third-order valence-corrected chi connectivity index (χ3v) is 6.16. The number of hydrogen-bond acceptors (Lipinski definition) is 0. The number of unbranched alkanes of at least 4 members (excludes halogenated alkanes) is 23. The minimum absolute atomic E-state index is 1.04. The Morgan fingerprint density at radius 3 is 0.862 bits per heavy atom. The van der Waals surface area contributed by atoms with Crippen molar-refractivity contribution >= 4 is 0 Å². The molecule has 0 aliphatic carbocycles. The molecule has 0 aromatic carbocycles. The van der Waals surface area contributed by atoms with Crippen molar-refractivity contribution in [1.82, 2.24) is 0 Å². The summed E-state index contributed by atoms with van der Waals surface area (Å²) in [6.07, 6.45) is 39.7. The van der Waals surface area contributed by atoms with Gasteiger partial charge in [-0.25, -0.2) is 0 Å². The van der Waals surface area contributed by atoms with Crippen LogP contribution in [-0.2, 0) is 0 Å². The maximum absolute atomic E-state index is 3.91. The Labute approximate surface area is 186 Å². The molecule has 0 saturated heterocycles. The summed E-state index contributed by atoms with van der Waals surface area (Å²) in [5.41, 5.74) is 0. The molecule has 0 fully saturated rings. The average Bonchev–Trinajstić information content (AvgIpc) is 2.74. The molecule has 0 aliphatic rings. The van der Waals surface area contributed by atoms with Gasteiger partial charge in [-0.05, 0) is 25.7 Å². The van der Waals surface area contributed by atoms with E-state index in [4.69, 9.17) is 0 Å². The largest absolute Gasteiger partial charge is 0.0885 e. The van der Waals surface area contributed by atoms with Crippen molar-refractivity contribution in [2.75, 3.05) is 0 Å². The van der Waals surface area contributed by atoms with E-state index in [0.717, 1.165) is 19.3 Å². The normalized spacial score (nSPS) is 11.7. The van der Waals surface area contributed by atoms with Gasteiger partial charge in [0.05, 0.1) is 0 Å². The van der Waals surface area contributed by atoms with Crippen molar-refractivity contribution in [1.29, 1.82) is 0 Å². The average molecular weight is 405 g/mol. The first-order chi connectivity index (χ1) is 14.4. The van der Waals surface area contributed by atoms with Gasteiger partial charge < -0.3 is 0 Å². The molecule has 0 nitrogen and oxygen atoms in total. The first-order valence-electron chi connectivity index (χ1n) is 13.6. The van der Waals surface area contributed by atoms with E-state index in [-0.39, 0.29) is 0 Å². The predicted molar refractivity (Wildman–Crippen MR) is 135 cm³/mol. The molecule has 0 aromatic rings. The van der Waals surface area contributed by atoms with Gasteiger partial charge in [-0.3, -0.25) is 0 Å². The fourth-order valence-electron chi connectivity index (χ4n) is 4.15. The standard InChI is InChI=1S/C29H56/c1-3-5-7-9-11-13-15-17-19-21-23-25-27-29-28-26-24-22-20-18-16-14-12-10-8-6-4-2/h7,9H,1-6,8,10-29H2. The van der Waals surface area contributed by atoms with Gasteiger partial charge in [0.25, 0.3) is 0 Å². The van der Waals surface area contributed by atoms with E-state index >= 15 is 0 Å². The molecule has 0 spiro atoms. The van der Waals surface area contributed by atoms with E-state index < -0.39 is 0 Å². The maximum Gasteiger partial charge on any atom is -0.0351 e. The zero-order chi connectivity index (χ0) is 21.1. The summed E-state index contributed by atoms with van der Waals surface area (Å²) in [4.78, 5) is 0. The second kappa shape index (κ2) is 27.7. The summed E-state index contributed by atoms with van der Waals surface area (Å²) in [6, 6.07) is 0. The van der Waals surface area contributed by atoms with Crippen LogP contribution >= 0.6 is 0 Å². The van der Waals surface area contributed by atoms with Gasteiger partial charge in [0.2, 0.25) is 0 Å². The molecular formula is C29H56. The van der Waals surface area contributed by atoms with Crippen LogP contribution in [0.2, 0.25) is 0 Å². The van der Waals surface area contributed by atoms with Crippen LogP contribution in [0.25, 0.3) is 0 Å². The van der Waals surface area contributed by atoms with E-state index in [0.29, 0.717) is 0 Å². The van der Waals surface area contributed by atoms with E-state index in [9.17, 15) is 0 Å². The Hall–Kier alpha value is -0.260. The van der Waals surface area contributed by atoms with Gasteiger partial charge in [-0.2, -0.15) is 0 Å². The molecule has 0 N–H and O–H groups in total. The molecule has 0 heteroatoms. The van der Waals surface area contributed by atoms with Crippen LogP contribution in [-0.4, -0.2) is 0 Å². The summed E-state index contributed by atoms with van der Waals surface area (Å²) >= 11 is 0. The van der Waals surface area contributed by atoms with Crippen LogP contribution in [0.5, 0.6) is 0 Å². The van der Waals surface area contributed by atoms with Crippen molar-refractivity contribution in [3.63, 3.8) is 0 Å². The molecule has 0 amide bonds. The molecule has 0 bridgehead atoms. The fraction of sp³-hybridized carbons (Fsp3) is 0.862. The minimum atomic E-state index is 1.04. The lowest BCUT2D eigenvalue weighted by atomic mass is 10.0. The first kappa shape index (κ1) is 28.7. The number of rotatable bonds is 25. The Bertz CT molecular complexity index is 290. The van der Waals surface area contributed by atoms with Crippen molar-refractivity contribution in [3.05, 3.63) is 26.0 Å². The van der Waals surface area contributed by atoms with Crippen LogP contribution in [0, 0.1) is 13.8 Å². The highest BCUT2D eigenvalue weighted by atomic mass is 14.0. The lowest BCUT2D eigenvalue weighted by Crippen LogP contribution is -1.84. The smallest absolute Gasteiger partial charge is 0.0351 e. The van der Waals surface area contributed by atoms with Crippen molar-refractivity contribution in [2.45, 2.75) is 161 Å². The third-order valence-electron chi connectivity index (χ3n) is 6.16. The molecular weight excluding hydrogens is 348 g/mol. The molecule has 172 valence electrons. The molecule has 0 aromatic heterocycles. The highest BCUT2D eigenvalue weighted by molar-refractivity contribution is 4.81. The number of hydrogen-bond donors (Lipinski definition) is 0. The van der Waals surface area contributed by atoms with Gasteiger partial charge >= 0.3 is 0 Å². The van der Waals surface area contributed by atoms with Crippen LogP contribution in [0.1, 0.15) is 161 Å². The molecule has 0 saturated carbocycles. The van der Waals surface area contributed by atoms with E-state index in [1.807, 2.05) is 0 Å². The topological polar surface area (TPSA) is 0 Å². The van der Waals surface area contributed by atoms with E-state index in [2.05, 4.69) is 26.0 Å². The van der Waals surface area contributed by atoms with E-state index in [1.54, 1.807) is 0 Å². The fourth-order valence-corrected chi connectivity index (χ4v) is 4.15. The van der Waals surface area contributed by atoms with Gasteiger partial charge in [0.15, 0.2) is 0 Å². The third kappa shape index (κ3) is 27.7. The Kier molecular flexibility index (Phi) is 27.5. The van der Waals surface area contributed by atoms with Crippen LogP contribution in [0.15, 0.2) is 12.2 Å². The minimum Gasteiger partial charge on any atom is -0.0885 e. The lowest BCUT2D eigenvalue weighted by Gasteiger charge is -2.04. The monoisotopic (exact) mass is 404 g/mol. The molecule has 0 rings (SSSR count). The van der Waals surface area contributed by atoms with Crippen LogP contribution in [0.3, 0.4) is 0 Å².